The number of hydrogen-bond donors (Lipinski definition) is 1. The van der Waals surface area contributed by atoms with Crippen LogP contribution in [-0.2, 0) is 7.05 Å². The molecule has 0 fully saturated rings. The van der Waals surface area contributed by atoms with E-state index in [1.807, 2.05) is 14.0 Å². The predicted molar refractivity (Wildman–Crippen MR) is 92.4 cm³/mol. The number of pyridine rings is 1. The number of fused-ring (bicyclic) bond motifs is 1. The highest BCUT2D eigenvalue weighted by atomic mass is 16.1. The number of aromatic nitrogens is 3. The normalized spacial score (nSPS) is 10.8. The van der Waals surface area contributed by atoms with Crippen LogP contribution in [0.3, 0.4) is 0 Å². The maximum atomic E-state index is 12.7. The van der Waals surface area contributed by atoms with Gasteiger partial charge in [0, 0.05) is 18.0 Å². The van der Waals surface area contributed by atoms with E-state index in [4.69, 9.17) is 0 Å². The van der Waals surface area contributed by atoms with Crippen molar-refractivity contribution in [1.29, 1.82) is 0 Å². The molecule has 0 aliphatic rings. The number of nitrogens with one attached hydrogen (secondary N) is 1. The minimum atomic E-state index is -0.293. The largest absolute Gasteiger partial charge is 0.321 e. The number of amides is 1. The van der Waals surface area contributed by atoms with Crippen molar-refractivity contribution >= 4 is 28.4 Å². The highest BCUT2D eigenvalue weighted by Gasteiger charge is 2.17. The maximum Gasteiger partial charge on any atom is 0.257 e. The molecule has 2 aromatic heterocycles. The van der Waals surface area contributed by atoms with Crippen LogP contribution in [0.5, 0.6) is 0 Å². The van der Waals surface area contributed by atoms with Crippen molar-refractivity contribution in [1.82, 2.24) is 14.8 Å². The number of rotatable bonds is 3. The highest BCUT2D eigenvalue weighted by molar-refractivity contribution is 6.10. The molecule has 0 unspecified atom stereocenters. The summed E-state index contributed by atoms with van der Waals surface area (Å²) in [6.07, 6.45) is 0. The van der Waals surface area contributed by atoms with Crippen LogP contribution in [-0.4, -0.2) is 26.5 Å². The summed E-state index contributed by atoms with van der Waals surface area (Å²) >= 11 is 0. The second-order valence-corrected chi connectivity index (χ2v) is 5.76. The van der Waals surface area contributed by atoms with Crippen molar-refractivity contribution in [3.8, 4) is 0 Å². The standard InChI is InChI=1S/C18H18N4O2/c1-10-15(9-14-11(2)21-22(4)17(14)19-10)18(24)20-16-8-6-5-7-13(16)12(3)23/h5-9H,1-4H3,(H,20,24). The Kier molecular flexibility index (Phi) is 3.89. The SMILES string of the molecule is CC(=O)c1ccccc1NC(=O)c1cc2c(C)nn(C)c2nc1C. The summed E-state index contributed by atoms with van der Waals surface area (Å²) in [5.74, 6) is -0.391. The Bertz CT molecular complexity index is 973. The molecule has 0 spiro atoms. The Morgan fingerprint density at radius 1 is 1.08 bits per heavy atom. The van der Waals surface area contributed by atoms with E-state index in [0.29, 0.717) is 22.5 Å². The van der Waals surface area contributed by atoms with Gasteiger partial charge in [-0.1, -0.05) is 12.1 Å². The van der Waals surface area contributed by atoms with E-state index in [9.17, 15) is 9.59 Å². The Morgan fingerprint density at radius 3 is 2.50 bits per heavy atom. The molecule has 24 heavy (non-hydrogen) atoms. The summed E-state index contributed by atoms with van der Waals surface area (Å²) < 4.78 is 1.70. The summed E-state index contributed by atoms with van der Waals surface area (Å²) in [5.41, 5.74) is 3.62. The van der Waals surface area contributed by atoms with Crippen LogP contribution in [0.15, 0.2) is 30.3 Å². The van der Waals surface area contributed by atoms with E-state index in [2.05, 4.69) is 15.4 Å². The van der Waals surface area contributed by atoms with Crippen molar-refractivity contribution in [2.75, 3.05) is 5.32 Å². The predicted octanol–water partition coefficient (Wildman–Crippen LogP) is 3.04. The van der Waals surface area contributed by atoms with E-state index >= 15 is 0 Å². The highest BCUT2D eigenvalue weighted by Crippen LogP contribution is 2.21. The van der Waals surface area contributed by atoms with Gasteiger partial charge in [0.2, 0.25) is 0 Å². The van der Waals surface area contributed by atoms with Crippen LogP contribution in [0.25, 0.3) is 11.0 Å². The Morgan fingerprint density at radius 2 is 1.79 bits per heavy atom. The van der Waals surface area contributed by atoms with Crippen LogP contribution in [0.1, 0.15) is 39.0 Å². The number of para-hydroxylation sites is 1. The van der Waals surface area contributed by atoms with Gasteiger partial charge in [-0.2, -0.15) is 5.10 Å². The summed E-state index contributed by atoms with van der Waals surface area (Å²) in [5, 5.41) is 7.98. The molecule has 0 saturated heterocycles. The molecule has 3 rings (SSSR count). The van der Waals surface area contributed by atoms with Gasteiger partial charge in [0.25, 0.3) is 5.91 Å². The zero-order chi connectivity index (χ0) is 17.4. The summed E-state index contributed by atoms with van der Waals surface area (Å²) in [4.78, 5) is 28.9. The molecule has 3 aromatic rings. The third-order valence-corrected chi connectivity index (χ3v) is 3.99. The first-order valence-electron chi connectivity index (χ1n) is 7.60. The van der Waals surface area contributed by atoms with Gasteiger partial charge >= 0.3 is 0 Å². The van der Waals surface area contributed by atoms with Crippen LogP contribution < -0.4 is 5.32 Å². The van der Waals surface area contributed by atoms with Gasteiger partial charge < -0.3 is 5.32 Å². The molecule has 122 valence electrons. The number of carbonyl (C=O) groups is 2. The molecule has 6 nitrogen and oxygen atoms in total. The average molecular weight is 322 g/mol. The number of benzene rings is 1. The Hall–Kier alpha value is -3.02. The van der Waals surface area contributed by atoms with Gasteiger partial charge in [-0.25, -0.2) is 4.98 Å². The summed E-state index contributed by atoms with van der Waals surface area (Å²) in [6, 6.07) is 8.75. The number of anilines is 1. The van der Waals surface area contributed by atoms with Gasteiger partial charge in [-0.05, 0) is 39.0 Å². The Labute approximate surface area is 139 Å². The third kappa shape index (κ3) is 2.67. The lowest BCUT2D eigenvalue weighted by Gasteiger charge is -2.10. The maximum absolute atomic E-state index is 12.7. The van der Waals surface area contributed by atoms with Gasteiger partial charge in [-0.3, -0.25) is 14.3 Å². The lowest BCUT2D eigenvalue weighted by atomic mass is 10.1. The number of nitrogens with zero attached hydrogens (tertiary/aromatic N) is 3. The van der Waals surface area contributed by atoms with Gasteiger partial charge in [-0.15, -0.1) is 0 Å². The second-order valence-electron chi connectivity index (χ2n) is 5.76. The van der Waals surface area contributed by atoms with Crippen LogP contribution in [0, 0.1) is 13.8 Å². The molecule has 0 saturated carbocycles. The molecule has 0 aliphatic heterocycles. The van der Waals surface area contributed by atoms with Crippen molar-refractivity contribution < 1.29 is 9.59 Å². The molecule has 2 heterocycles. The first-order valence-corrected chi connectivity index (χ1v) is 7.60. The zero-order valence-corrected chi connectivity index (χ0v) is 14.0. The third-order valence-electron chi connectivity index (χ3n) is 3.99. The molecule has 0 bridgehead atoms. The van der Waals surface area contributed by atoms with E-state index in [1.54, 1.807) is 41.9 Å². The van der Waals surface area contributed by atoms with E-state index in [1.165, 1.54) is 6.92 Å². The fourth-order valence-corrected chi connectivity index (χ4v) is 2.75. The molecule has 1 aromatic carbocycles. The van der Waals surface area contributed by atoms with Crippen molar-refractivity contribution in [2.45, 2.75) is 20.8 Å². The fourth-order valence-electron chi connectivity index (χ4n) is 2.75. The second kappa shape index (κ2) is 5.88. The first-order chi connectivity index (χ1) is 11.4. The van der Waals surface area contributed by atoms with Crippen molar-refractivity contribution in [2.24, 2.45) is 7.05 Å². The Balaban J connectivity index is 2.02. The molecule has 1 amide bonds. The number of hydrogen-bond acceptors (Lipinski definition) is 4. The number of carbonyl (C=O) groups excluding carboxylic acids is 2. The average Bonchev–Trinajstić information content (AvgIpc) is 2.80. The number of Topliss-reactive ketones (excluding diaryl/α,β-unsaturated/α-hetero) is 1. The minimum Gasteiger partial charge on any atom is -0.321 e. The van der Waals surface area contributed by atoms with E-state index in [-0.39, 0.29) is 11.7 Å². The quantitative estimate of drug-likeness (QED) is 0.752. The summed E-state index contributed by atoms with van der Waals surface area (Å²) in [6.45, 7) is 5.14. The monoisotopic (exact) mass is 322 g/mol. The number of ketones is 1. The lowest BCUT2D eigenvalue weighted by molar-refractivity contribution is 0.101. The van der Waals surface area contributed by atoms with E-state index in [0.717, 1.165) is 16.7 Å². The molecule has 0 radical (unpaired) electrons. The molecule has 0 aliphatic carbocycles. The van der Waals surface area contributed by atoms with Gasteiger partial charge in [0.05, 0.1) is 22.6 Å². The first kappa shape index (κ1) is 15.9. The number of aryl methyl sites for hydroxylation is 3. The molecule has 0 atom stereocenters. The van der Waals surface area contributed by atoms with Gasteiger partial charge in [0.1, 0.15) is 0 Å². The van der Waals surface area contributed by atoms with E-state index < -0.39 is 0 Å². The van der Waals surface area contributed by atoms with Crippen LogP contribution in [0.2, 0.25) is 0 Å². The van der Waals surface area contributed by atoms with Crippen LogP contribution in [0.4, 0.5) is 5.69 Å². The minimum absolute atomic E-state index is 0.0979. The fraction of sp³-hybridized carbons (Fsp3) is 0.222. The van der Waals surface area contributed by atoms with Crippen molar-refractivity contribution in [3.05, 3.63) is 52.8 Å². The zero-order valence-electron chi connectivity index (χ0n) is 14.0. The van der Waals surface area contributed by atoms with Gasteiger partial charge in [0.15, 0.2) is 11.4 Å². The van der Waals surface area contributed by atoms with Crippen molar-refractivity contribution in [3.63, 3.8) is 0 Å². The van der Waals surface area contributed by atoms with Crippen LogP contribution >= 0.6 is 0 Å². The topological polar surface area (TPSA) is 76.9 Å². The molecular weight excluding hydrogens is 304 g/mol. The molecule has 1 N–H and O–H groups in total. The molecular formula is C18H18N4O2. The molecule has 6 heteroatoms. The smallest absolute Gasteiger partial charge is 0.257 e. The lowest BCUT2D eigenvalue weighted by Crippen LogP contribution is -2.16. The summed E-state index contributed by atoms with van der Waals surface area (Å²) in [7, 11) is 1.82.